The summed E-state index contributed by atoms with van der Waals surface area (Å²) < 4.78 is 34.1. The Balaban J connectivity index is 1.64. The van der Waals surface area contributed by atoms with Gasteiger partial charge in [0.15, 0.2) is 11.4 Å². The Hall–Kier alpha value is -4.25. The Labute approximate surface area is 210 Å². The monoisotopic (exact) mass is 510 g/mol. The van der Waals surface area contributed by atoms with E-state index in [1.165, 1.54) is 17.9 Å². The topological polar surface area (TPSA) is 104 Å². The van der Waals surface area contributed by atoms with Gasteiger partial charge in [-0.05, 0) is 18.6 Å². The summed E-state index contributed by atoms with van der Waals surface area (Å²) in [6.07, 6.45) is -1.89. The van der Waals surface area contributed by atoms with Crippen molar-refractivity contribution in [2.24, 2.45) is 0 Å². The lowest BCUT2D eigenvalue weighted by atomic mass is 10.1. The van der Waals surface area contributed by atoms with Crippen molar-refractivity contribution in [2.75, 3.05) is 25.2 Å². The number of carbonyl (C=O) groups excluding carboxylic acids is 2. The quantitative estimate of drug-likeness (QED) is 0.527. The molecule has 2 aliphatic heterocycles. The Morgan fingerprint density at radius 3 is 2.54 bits per heavy atom. The lowest BCUT2D eigenvalue weighted by Crippen LogP contribution is -2.55. The maximum Gasteiger partial charge on any atom is 0.278 e. The van der Waals surface area contributed by atoms with Crippen molar-refractivity contribution < 1.29 is 28.2 Å². The van der Waals surface area contributed by atoms with E-state index in [0.717, 1.165) is 11.6 Å². The number of amides is 2. The van der Waals surface area contributed by atoms with Crippen molar-refractivity contribution in [3.63, 3.8) is 0 Å². The van der Waals surface area contributed by atoms with E-state index >= 15 is 0 Å². The fraction of sp³-hybridized carbons (Fsp3) is 0.269. The highest BCUT2D eigenvalue weighted by Crippen LogP contribution is 2.40. The third-order valence-electron chi connectivity index (χ3n) is 6.64. The summed E-state index contributed by atoms with van der Waals surface area (Å²) in [7, 11) is 1.22. The molecule has 0 saturated heterocycles. The highest BCUT2D eigenvalue weighted by atomic mass is 19.1. The number of carbonyl (C=O) groups is 2. The predicted octanol–water partition coefficient (Wildman–Crippen LogP) is 2.22. The number of nitrogens with one attached hydrogen (secondary N) is 1. The average Bonchev–Trinajstić information content (AvgIpc) is 3.21. The SMILES string of the molecule is CCN1C(=O)c2c(OC)c(=O)c(C(=O)NCc3ccc(F)cc3F)c3n2N(CC3O)C1c1ccccc1. The molecule has 5 rings (SSSR count). The summed E-state index contributed by atoms with van der Waals surface area (Å²) in [6.45, 7) is 1.78. The van der Waals surface area contributed by atoms with Crippen LogP contribution in [0, 0.1) is 11.6 Å². The Kier molecular flexibility index (Phi) is 6.16. The summed E-state index contributed by atoms with van der Waals surface area (Å²) in [5.74, 6) is -3.33. The maximum absolute atomic E-state index is 14.1. The number of aliphatic hydroxyl groups is 1. The summed E-state index contributed by atoms with van der Waals surface area (Å²) in [4.78, 5) is 41.9. The number of benzene rings is 2. The normalized spacial score (nSPS) is 18.1. The average molecular weight is 510 g/mol. The van der Waals surface area contributed by atoms with E-state index in [0.29, 0.717) is 12.6 Å². The number of aliphatic hydroxyl groups excluding tert-OH is 1. The van der Waals surface area contributed by atoms with Crippen LogP contribution in [0.25, 0.3) is 0 Å². The van der Waals surface area contributed by atoms with E-state index in [9.17, 15) is 28.3 Å². The Morgan fingerprint density at radius 2 is 1.89 bits per heavy atom. The Bertz CT molecular complexity index is 1460. The van der Waals surface area contributed by atoms with Gasteiger partial charge in [-0.15, -0.1) is 0 Å². The first-order chi connectivity index (χ1) is 17.8. The first-order valence-electron chi connectivity index (χ1n) is 11.7. The van der Waals surface area contributed by atoms with E-state index in [2.05, 4.69) is 5.32 Å². The molecule has 2 amide bonds. The Morgan fingerprint density at radius 1 is 1.16 bits per heavy atom. The van der Waals surface area contributed by atoms with E-state index in [-0.39, 0.29) is 35.8 Å². The van der Waals surface area contributed by atoms with Crippen LogP contribution in [0.2, 0.25) is 0 Å². The second-order valence-corrected chi connectivity index (χ2v) is 8.71. The van der Waals surface area contributed by atoms with Crippen LogP contribution in [0.4, 0.5) is 8.78 Å². The molecule has 0 spiro atoms. The van der Waals surface area contributed by atoms with Gasteiger partial charge < -0.3 is 20.1 Å². The molecule has 0 radical (unpaired) electrons. The van der Waals surface area contributed by atoms with Gasteiger partial charge in [-0.3, -0.25) is 19.4 Å². The van der Waals surface area contributed by atoms with Crippen LogP contribution in [0.1, 0.15) is 56.9 Å². The number of nitrogens with zero attached hydrogens (tertiary/aromatic N) is 3. The van der Waals surface area contributed by atoms with Crippen LogP contribution in [0.5, 0.6) is 5.75 Å². The molecule has 0 bridgehead atoms. The molecule has 192 valence electrons. The van der Waals surface area contributed by atoms with Crippen molar-refractivity contribution in [1.29, 1.82) is 0 Å². The van der Waals surface area contributed by atoms with Crippen LogP contribution in [-0.4, -0.2) is 46.7 Å². The molecule has 37 heavy (non-hydrogen) atoms. The predicted molar refractivity (Wildman–Crippen MR) is 129 cm³/mol. The maximum atomic E-state index is 14.1. The molecule has 2 aliphatic rings. The highest BCUT2D eigenvalue weighted by molar-refractivity contribution is 6.01. The van der Waals surface area contributed by atoms with Crippen molar-refractivity contribution in [2.45, 2.75) is 25.7 Å². The van der Waals surface area contributed by atoms with Crippen molar-refractivity contribution >= 4 is 11.8 Å². The first kappa shape index (κ1) is 24.4. The van der Waals surface area contributed by atoms with E-state index < -0.39 is 46.7 Å². The van der Waals surface area contributed by atoms with Crippen LogP contribution in [-0.2, 0) is 6.54 Å². The molecule has 2 N–H and O–H groups in total. The molecule has 1 aromatic heterocycles. The molecule has 3 heterocycles. The number of halogens is 2. The summed E-state index contributed by atoms with van der Waals surface area (Å²) >= 11 is 0. The van der Waals surface area contributed by atoms with Crippen molar-refractivity contribution in [3.05, 3.63) is 98.5 Å². The molecule has 0 fully saturated rings. The van der Waals surface area contributed by atoms with Gasteiger partial charge in [-0.25, -0.2) is 13.5 Å². The van der Waals surface area contributed by atoms with E-state index in [1.807, 2.05) is 30.3 Å². The van der Waals surface area contributed by atoms with Crippen LogP contribution in [0.15, 0.2) is 53.3 Å². The van der Waals surface area contributed by atoms with Gasteiger partial charge in [-0.1, -0.05) is 36.4 Å². The fourth-order valence-corrected chi connectivity index (χ4v) is 5.02. The number of aromatic nitrogens is 1. The van der Waals surface area contributed by atoms with Crippen molar-refractivity contribution in [1.82, 2.24) is 14.9 Å². The second kappa shape index (κ2) is 9.32. The zero-order valence-corrected chi connectivity index (χ0v) is 20.1. The lowest BCUT2D eigenvalue weighted by molar-refractivity contribution is 0.0581. The molecule has 0 aliphatic carbocycles. The van der Waals surface area contributed by atoms with Crippen LogP contribution < -0.4 is 20.5 Å². The largest absolute Gasteiger partial charge is 0.491 e. The van der Waals surface area contributed by atoms with Gasteiger partial charge in [0.2, 0.25) is 5.43 Å². The molecule has 9 nitrogen and oxygen atoms in total. The van der Waals surface area contributed by atoms with Gasteiger partial charge in [0.1, 0.15) is 29.5 Å². The van der Waals surface area contributed by atoms with Crippen LogP contribution >= 0.6 is 0 Å². The lowest BCUT2D eigenvalue weighted by Gasteiger charge is -2.44. The molecule has 2 aromatic carbocycles. The third kappa shape index (κ3) is 3.82. The van der Waals surface area contributed by atoms with Crippen molar-refractivity contribution in [3.8, 4) is 5.75 Å². The number of ether oxygens (including phenoxy) is 1. The van der Waals surface area contributed by atoms with Gasteiger partial charge in [0.25, 0.3) is 11.8 Å². The standard InChI is InChI=1S/C26H24F2N4O5/c1-3-30-25(14-7-5-4-6-8-14)31-13-18(33)20-19(22(34)23(37-2)21(26(30)36)32(20)31)24(35)29-12-15-9-10-16(27)11-17(15)28/h4-11,18,25,33H,3,12-13H2,1-2H3,(H,29,35). The van der Waals surface area contributed by atoms with Gasteiger partial charge >= 0.3 is 0 Å². The summed E-state index contributed by atoms with van der Waals surface area (Å²) in [5, 5.41) is 15.3. The molecular weight excluding hydrogens is 486 g/mol. The van der Waals surface area contributed by atoms with Gasteiger partial charge in [0.05, 0.1) is 19.3 Å². The molecule has 0 saturated carbocycles. The number of pyridine rings is 1. The molecule has 3 aromatic rings. The number of hydrogen-bond donors (Lipinski definition) is 2. The number of rotatable bonds is 6. The van der Waals surface area contributed by atoms with Gasteiger partial charge in [0, 0.05) is 24.7 Å². The summed E-state index contributed by atoms with van der Waals surface area (Å²) in [6, 6.07) is 12.1. The zero-order chi connectivity index (χ0) is 26.4. The number of hydrogen-bond acceptors (Lipinski definition) is 6. The minimum Gasteiger partial charge on any atom is -0.491 e. The van der Waals surface area contributed by atoms with Gasteiger partial charge in [-0.2, -0.15) is 0 Å². The first-order valence-corrected chi connectivity index (χ1v) is 11.7. The highest BCUT2D eigenvalue weighted by Gasteiger charge is 2.48. The number of methoxy groups -OCH3 is 1. The van der Waals surface area contributed by atoms with Crippen LogP contribution in [0.3, 0.4) is 0 Å². The minimum absolute atomic E-state index is 0.00415. The third-order valence-corrected chi connectivity index (χ3v) is 6.64. The molecule has 2 unspecified atom stereocenters. The van der Waals surface area contributed by atoms with E-state index in [4.69, 9.17) is 4.74 Å². The molecule has 2 atom stereocenters. The molecule has 11 heteroatoms. The second-order valence-electron chi connectivity index (χ2n) is 8.71. The summed E-state index contributed by atoms with van der Waals surface area (Å²) in [5.41, 5.74) is -0.640. The smallest absolute Gasteiger partial charge is 0.278 e. The zero-order valence-electron chi connectivity index (χ0n) is 20.1. The fourth-order valence-electron chi connectivity index (χ4n) is 5.02. The minimum atomic E-state index is -1.28. The van der Waals surface area contributed by atoms with E-state index in [1.54, 1.807) is 16.8 Å². The molecular formula is C26H24F2N4O5.